The molecule has 0 fully saturated rings. The largest absolute Gasteiger partial charge is 0.502 e. The van der Waals surface area contributed by atoms with Gasteiger partial charge in [-0.25, -0.2) is 4.79 Å². The maximum absolute atomic E-state index is 12.6. The van der Waals surface area contributed by atoms with Crippen molar-refractivity contribution in [2.24, 2.45) is 0 Å². The lowest BCUT2D eigenvalue weighted by molar-refractivity contribution is -0.385. The van der Waals surface area contributed by atoms with E-state index in [4.69, 9.17) is 17.0 Å². The minimum atomic E-state index is -0.768. The number of hydrogen-bond acceptors (Lipinski definition) is 6. The number of ether oxygens (including phenoxy) is 1. The van der Waals surface area contributed by atoms with Gasteiger partial charge in [0.15, 0.2) is 10.9 Å². The van der Waals surface area contributed by atoms with Gasteiger partial charge in [-0.15, -0.1) is 0 Å². The van der Waals surface area contributed by atoms with E-state index in [1.807, 2.05) is 31.2 Å². The average molecular weight is 413 g/mol. The van der Waals surface area contributed by atoms with Crippen LogP contribution in [0, 0.1) is 17.0 Å². The Kier molecular flexibility index (Phi) is 5.51. The first kappa shape index (κ1) is 20.3. The van der Waals surface area contributed by atoms with Gasteiger partial charge in [0.1, 0.15) is 0 Å². The molecule has 0 amide bonds. The molecule has 0 saturated carbocycles. The van der Waals surface area contributed by atoms with E-state index in [2.05, 4.69) is 5.32 Å². The molecule has 0 radical (unpaired) electrons. The van der Waals surface area contributed by atoms with E-state index in [1.54, 1.807) is 11.8 Å². The summed E-state index contributed by atoms with van der Waals surface area (Å²) in [5.41, 5.74) is 2.60. The van der Waals surface area contributed by atoms with Crippen molar-refractivity contribution in [3.63, 3.8) is 0 Å². The van der Waals surface area contributed by atoms with Crippen LogP contribution in [0.3, 0.4) is 0 Å². The molecule has 0 bridgehead atoms. The second-order valence-corrected chi connectivity index (χ2v) is 6.94. The highest BCUT2D eigenvalue weighted by atomic mass is 32.1. The molecule has 1 aliphatic rings. The summed E-state index contributed by atoms with van der Waals surface area (Å²) < 4.78 is 4.96. The van der Waals surface area contributed by atoms with Gasteiger partial charge in [-0.2, -0.15) is 0 Å². The van der Waals surface area contributed by atoms with Crippen LogP contribution >= 0.6 is 12.2 Å². The number of esters is 1. The molecular formula is C20H19N3O5S. The van der Waals surface area contributed by atoms with E-state index in [0.717, 1.165) is 11.3 Å². The number of rotatable bonds is 4. The van der Waals surface area contributed by atoms with Gasteiger partial charge < -0.3 is 15.2 Å². The molecule has 0 spiro atoms. The zero-order chi connectivity index (χ0) is 21.3. The molecule has 2 aromatic carbocycles. The zero-order valence-electron chi connectivity index (χ0n) is 16.0. The van der Waals surface area contributed by atoms with E-state index in [1.165, 1.54) is 25.3 Å². The fourth-order valence-electron chi connectivity index (χ4n) is 3.24. The van der Waals surface area contributed by atoms with Crippen molar-refractivity contribution in [3.8, 4) is 5.75 Å². The van der Waals surface area contributed by atoms with Crippen molar-refractivity contribution in [1.82, 2.24) is 5.32 Å². The van der Waals surface area contributed by atoms with Crippen molar-refractivity contribution in [3.05, 3.63) is 75.0 Å². The Bertz CT molecular complexity index is 1030. The highest BCUT2D eigenvalue weighted by Crippen LogP contribution is 2.37. The number of allylic oxidation sites excluding steroid dienone is 1. The van der Waals surface area contributed by atoms with Gasteiger partial charge in [0.2, 0.25) is 0 Å². The molecule has 0 aliphatic carbocycles. The van der Waals surface area contributed by atoms with Gasteiger partial charge in [-0.3, -0.25) is 15.0 Å². The number of hydrogen-bond donors (Lipinski definition) is 2. The number of methoxy groups -OCH3 is 1. The Morgan fingerprint density at radius 1 is 1.24 bits per heavy atom. The molecule has 29 heavy (non-hydrogen) atoms. The van der Waals surface area contributed by atoms with E-state index in [9.17, 15) is 20.0 Å². The molecule has 9 heteroatoms. The van der Waals surface area contributed by atoms with E-state index < -0.39 is 28.4 Å². The topological polar surface area (TPSA) is 105 Å². The summed E-state index contributed by atoms with van der Waals surface area (Å²) in [5.74, 6) is -1.05. The molecule has 3 rings (SSSR count). The van der Waals surface area contributed by atoms with Crippen LogP contribution in [0.15, 0.2) is 53.7 Å². The lowest BCUT2D eigenvalue weighted by Crippen LogP contribution is -2.48. The first-order chi connectivity index (χ1) is 13.7. The number of phenolic OH excluding ortho intramolecular Hbond substituents is 1. The number of nitrogens with zero attached hydrogens (tertiary/aromatic N) is 2. The number of carbonyl (C=O) groups is 1. The van der Waals surface area contributed by atoms with Gasteiger partial charge in [-0.05, 0) is 49.8 Å². The van der Waals surface area contributed by atoms with Gasteiger partial charge in [-0.1, -0.05) is 23.8 Å². The number of aryl methyl sites for hydroxylation is 1. The number of thiocarbonyl (C=S) groups is 1. The average Bonchev–Trinajstić information content (AvgIpc) is 2.68. The summed E-state index contributed by atoms with van der Waals surface area (Å²) in [6.07, 6.45) is 0. The van der Waals surface area contributed by atoms with Crippen LogP contribution in [0.1, 0.15) is 24.1 Å². The zero-order valence-corrected chi connectivity index (χ0v) is 16.8. The third-order valence-corrected chi connectivity index (χ3v) is 5.01. The summed E-state index contributed by atoms with van der Waals surface area (Å²) in [6, 6.07) is 10.8. The fraction of sp³-hybridized carbons (Fsp3) is 0.200. The molecule has 8 nitrogen and oxygen atoms in total. The molecule has 2 N–H and O–H groups in total. The Hall–Kier alpha value is -3.46. The van der Waals surface area contributed by atoms with Gasteiger partial charge in [0.25, 0.3) is 0 Å². The second kappa shape index (κ2) is 7.88. The third-order valence-electron chi connectivity index (χ3n) is 4.71. The van der Waals surface area contributed by atoms with Crippen molar-refractivity contribution < 1.29 is 19.6 Å². The van der Waals surface area contributed by atoms with E-state index in [0.29, 0.717) is 16.4 Å². The minimum absolute atomic E-state index is 0.265. The Morgan fingerprint density at radius 2 is 1.90 bits per heavy atom. The number of phenols is 1. The fourth-order valence-corrected chi connectivity index (χ4v) is 3.60. The maximum Gasteiger partial charge on any atom is 0.337 e. The monoisotopic (exact) mass is 413 g/mol. The van der Waals surface area contributed by atoms with E-state index in [-0.39, 0.29) is 5.57 Å². The van der Waals surface area contributed by atoms with Crippen molar-refractivity contribution in [1.29, 1.82) is 0 Å². The molecule has 1 atom stereocenters. The number of nitro groups is 1. The van der Waals surface area contributed by atoms with Crippen LogP contribution in [0.25, 0.3) is 0 Å². The predicted octanol–water partition coefficient (Wildman–Crippen LogP) is 3.49. The highest BCUT2D eigenvalue weighted by molar-refractivity contribution is 7.80. The summed E-state index contributed by atoms with van der Waals surface area (Å²) >= 11 is 5.53. The summed E-state index contributed by atoms with van der Waals surface area (Å²) in [5, 5.41) is 24.4. The van der Waals surface area contributed by atoms with Crippen LogP contribution in [-0.4, -0.2) is 28.2 Å². The number of nitrogens with one attached hydrogen (secondary N) is 1. The highest BCUT2D eigenvalue weighted by Gasteiger charge is 2.36. The van der Waals surface area contributed by atoms with Crippen LogP contribution in [0.5, 0.6) is 5.75 Å². The lowest BCUT2D eigenvalue weighted by atomic mass is 9.94. The van der Waals surface area contributed by atoms with Crippen molar-refractivity contribution in [2.45, 2.75) is 19.9 Å². The first-order valence-electron chi connectivity index (χ1n) is 8.68. The molecule has 0 aromatic heterocycles. The second-order valence-electron chi connectivity index (χ2n) is 6.55. The Morgan fingerprint density at radius 3 is 2.48 bits per heavy atom. The molecule has 0 saturated heterocycles. The first-order valence-corrected chi connectivity index (χ1v) is 9.09. The maximum atomic E-state index is 12.6. The smallest absolute Gasteiger partial charge is 0.337 e. The summed E-state index contributed by atoms with van der Waals surface area (Å²) in [6.45, 7) is 3.70. The van der Waals surface area contributed by atoms with Crippen LogP contribution < -0.4 is 10.2 Å². The number of anilines is 1. The van der Waals surface area contributed by atoms with Crippen molar-refractivity contribution >= 4 is 34.7 Å². The number of carbonyl (C=O) groups excluding carboxylic acids is 1. The van der Waals surface area contributed by atoms with Crippen molar-refractivity contribution in [2.75, 3.05) is 12.0 Å². The van der Waals surface area contributed by atoms with Crippen LogP contribution in [0.2, 0.25) is 0 Å². The summed E-state index contributed by atoms with van der Waals surface area (Å²) in [7, 11) is 1.27. The number of aromatic hydroxyl groups is 1. The van der Waals surface area contributed by atoms with Crippen LogP contribution in [-0.2, 0) is 9.53 Å². The Balaban J connectivity index is 2.15. The SMILES string of the molecule is COC(=O)C1=C(C)N(c2ccc(C)cc2)C(=S)NC1c1ccc(O)c([N+](=O)[O-])c1. The Labute approximate surface area is 172 Å². The molecule has 1 heterocycles. The van der Waals surface area contributed by atoms with Gasteiger partial charge in [0.05, 0.1) is 23.6 Å². The molecule has 1 aliphatic heterocycles. The molecule has 150 valence electrons. The number of benzene rings is 2. The minimum Gasteiger partial charge on any atom is -0.502 e. The van der Waals surface area contributed by atoms with Crippen LogP contribution in [0.4, 0.5) is 11.4 Å². The molecule has 2 aromatic rings. The van der Waals surface area contributed by atoms with Gasteiger partial charge in [0, 0.05) is 17.5 Å². The number of nitro benzene ring substituents is 1. The molecular weight excluding hydrogens is 394 g/mol. The normalized spacial score (nSPS) is 16.4. The van der Waals surface area contributed by atoms with Gasteiger partial charge >= 0.3 is 11.7 Å². The lowest BCUT2D eigenvalue weighted by Gasteiger charge is -2.37. The van der Waals surface area contributed by atoms with E-state index >= 15 is 0 Å². The predicted molar refractivity (Wildman–Crippen MR) is 112 cm³/mol. The third kappa shape index (κ3) is 3.77. The quantitative estimate of drug-likeness (QED) is 0.340. The standard InChI is InChI=1S/C20H19N3O5S/c1-11-4-7-14(8-5-11)22-12(2)17(19(25)28-3)18(21-20(22)29)13-6-9-16(24)15(10-13)23(26)27/h4-10,18,24H,1-3H3,(H,21,29). The molecule has 1 unspecified atom stereocenters. The summed E-state index contributed by atoms with van der Waals surface area (Å²) in [4.78, 5) is 24.8.